The Bertz CT molecular complexity index is 696. The van der Waals surface area contributed by atoms with Crippen LogP contribution >= 0.6 is 0 Å². The SMILES string of the molecule is CCC[N+](C)(C)CCN(c1c(F)c(F)c(N=[N+]=[N-])c(F)c1F)S(=O)O. The molecule has 25 heavy (non-hydrogen) atoms. The molecule has 0 amide bonds. The molecular weight excluding hydrogens is 366 g/mol. The summed E-state index contributed by atoms with van der Waals surface area (Å²) in [6.45, 7) is 2.43. The average Bonchev–Trinajstić information content (AvgIpc) is 2.52. The minimum Gasteiger partial charge on any atom is -0.327 e. The van der Waals surface area contributed by atoms with Gasteiger partial charge in [0.05, 0.1) is 33.7 Å². The van der Waals surface area contributed by atoms with E-state index in [1.165, 1.54) is 0 Å². The van der Waals surface area contributed by atoms with Crippen LogP contribution in [0.2, 0.25) is 0 Å². The van der Waals surface area contributed by atoms with Gasteiger partial charge in [-0.3, -0.25) is 8.86 Å². The van der Waals surface area contributed by atoms with Crippen LogP contribution in [0.1, 0.15) is 13.3 Å². The van der Waals surface area contributed by atoms with Crippen LogP contribution in [0.15, 0.2) is 5.11 Å². The Morgan fingerprint density at radius 2 is 1.68 bits per heavy atom. The molecule has 0 heterocycles. The molecule has 12 heteroatoms. The van der Waals surface area contributed by atoms with Crippen molar-refractivity contribution in [3.8, 4) is 0 Å². The van der Waals surface area contributed by atoms with E-state index in [1.54, 1.807) is 14.1 Å². The highest BCUT2D eigenvalue weighted by Crippen LogP contribution is 2.35. The summed E-state index contributed by atoms with van der Waals surface area (Å²) in [6.07, 6.45) is 0.794. The predicted molar refractivity (Wildman–Crippen MR) is 85.3 cm³/mol. The van der Waals surface area contributed by atoms with Crippen LogP contribution < -0.4 is 4.31 Å². The quantitative estimate of drug-likeness (QED) is 0.141. The number of hydrogen-bond donors (Lipinski definition) is 1. The number of anilines is 1. The molecule has 0 aliphatic rings. The van der Waals surface area contributed by atoms with E-state index in [1.807, 2.05) is 6.92 Å². The first-order chi connectivity index (χ1) is 11.6. The summed E-state index contributed by atoms with van der Waals surface area (Å²) in [7, 11) is 3.58. The Hall–Kier alpha value is -1.88. The molecule has 1 rings (SSSR count). The highest BCUT2D eigenvalue weighted by Gasteiger charge is 2.31. The topological polar surface area (TPSA) is 89.3 Å². The zero-order chi connectivity index (χ0) is 19.4. The molecule has 1 aromatic carbocycles. The van der Waals surface area contributed by atoms with Crippen molar-refractivity contribution < 1.29 is 30.8 Å². The zero-order valence-electron chi connectivity index (χ0n) is 13.8. The molecule has 7 nitrogen and oxygen atoms in total. The van der Waals surface area contributed by atoms with Crippen molar-refractivity contribution in [2.24, 2.45) is 5.11 Å². The normalized spacial score (nSPS) is 12.6. The fraction of sp³-hybridized carbons (Fsp3) is 0.538. The lowest BCUT2D eigenvalue weighted by Crippen LogP contribution is -2.46. The molecule has 0 aliphatic heterocycles. The van der Waals surface area contributed by atoms with E-state index < -0.39 is 45.9 Å². The molecule has 140 valence electrons. The van der Waals surface area contributed by atoms with Gasteiger partial charge < -0.3 is 4.48 Å². The maximum absolute atomic E-state index is 14.1. The van der Waals surface area contributed by atoms with Crippen molar-refractivity contribution >= 4 is 22.6 Å². The second kappa shape index (κ2) is 8.48. The van der Waals surface area contributed by atoms with Crippen LogP contribution in [0, 0.1) is 23.3 Å². The Morgan fingerprint density at radius 3 is 2.08 bits per heavy atom. The average molecular weight is 384 g/mol. The third-order valence-electron chi connectivity index (χ3n) is 3.54. The number of halogens is 4. The minimum absolute atomic E-state index is 0.181. The van der Waals surface area contributed by atoms with Gasteiger partial charge in [0.1, 0.15) is 11.4 Å². The summed E-state index contributed by atoms with van der Waals surface area (Å²) in [4.78, 5) is 2.09. The van der Waals surface area contributed by atoms with E-state index in [2.05, 4.69) is 10.0 Å². The van der Waals surface area contributed by atoms with Crippen molar-refractivity contribution in [2.45, 2.75) is 13.3 Å². The van der Waals surface area contributed by atoms with Crippen LogP contribution in [0.5, 0.6) is 0 Å². The number of quaternary nitrogens is 1. The van der Waals surface area contributed by atoms with Gasteiger partial charge in [-0.05, 0) is 12.0 Å². The molecule has 0 saturated carbocycles. The van der Waals surface area contributed by atoms with E-state index in [0.29, 0.717) is 15.3 Å². The molecular formula is C13H18F4N5O2S+. The molecule has 0 saturated heterocycles. The Labute approximate surface area is 144 Å². The molecule has 0 fully saturated rings. The van der Waals surface area contributed by atoms with E-state index in [0.717, 1.165) is 6.42 Å². The third-order valence-corrected chi connectivity index (χ3v) is 4.28. The molecule has 0 aromatic heterocycles. The third kappa shape index (κ3) is 4.82. The molecule has 0 spiro atoms. The lowest BCUT2D eigenvalue weighted by atomic mass is 10.2. The van der Waals surface area contributed by atoms with Crippen LogP contribution in [0.3, 0.4) is 0 Å². The maximum atomic E-state index is 14.1. The summed E-state index contributed by atoms with van der Waals surface area (Å²) < 4.78 is 77.5. The standard InChI is InChI=1S/C13H17F4N5O2S/c1-4-6-22(2,3)7-5-21(25(23)24)13-10(16)8(14)12(19-20-18)9(15)11(13)17/h4-7H2,1-3H3/p+1. The van der Waals surface area contributed by atoms with Gasteiger partial charge in [0.25, 0.3) is 11.3 Å². The lowest BCUT2D eigenvalue weighted by molar-refractivity contribution is -0.888. The number of rotatable bonds is 8. The summed E-state index contributed by atoms with van der Waals surface area (Å²) in [5.74, 6) is -7.71. The Kier molecular flexibility index (Phi) is 7.17. The molecule has 0 bridgehead atoms. The monoisotopic (exact) mass is 384 g/mol. The first-order valence-electron chi connectivity index (χ1n) is 7.19. The largest absolute Gasteiger partial charge is 0.327 e. The molecule has 0 radical (unpaired) electrons. The number of likely N-dealkylation sites (N-methyl/N-ethyl adjacent to an activating group) is 1. The fourth-order valence-corrected chi connectivity index (χ4v) is 2.86. The highest BCUT2D eigenvalue weighted by molar-refractivity contribution is 7.80. The second-order valence-electron chi connectivity index (χ2n) is 5.86. The van der Waals surface area contributed by atoms with Crippen LogP contribution in [-0.2, 0) is 11.3 Å². The van der Waals surface area contributed by atoms with Gasteiger partial charge in [0, 0.05) is 4.91 Å². The van der Waals surface area contributed by atoms with Crippen molar-refractivity contribution in [1.82, 2.24) is 0 Å². The van der Waals surface area contributed by atoms with Gasteiger partial charge in [0.15, 0.2) is 23.3 Å². The van der Waals surface area contributed by atoms with Crippen molar-refractivity contribution in [3.05, 3.63) is 33.7 Å². The van der Waals surface area contributed by atoms with Gasteiger partial charge in [0.2, 0.25) is 0 Å². The molecule has 1 aromatic rings. The van der Waals surface area contributed by atoms with Gasteiger partial charge in [-0.2, -0.15) is 0 Å². The number of nitrogens with zero attached hydrogens (tertiary/aromatic N) is 5. The Morgan fingerprint density at radius 1 is 1.16 bits per heavy atom. The van der Waals surface area contributed by atoms with Gasteiger partial charge in [-0.25, -0.2) is 21.8 Å². The van der Waals surface area contributed by atoms with Crippen molar-refractivity contribution in [1.29, 1.82) is 0 Å². The van der Waals surface area contributed by atoms with Gasteiger partial charge in [-0.15, -0.1) is 0 Å². The molecule has 0 aliphatic carbocycles. The van der Waals surface area contributed by atoms with E-state index in [9.17, 15) is 26.3 Å². The van der Waals surface area contributed by atoms with Crippen LogP contribution in [0.4, 0.5) is 28.9 Å². The first-order valence-corrected chi connectivity index (χ1v) is 8.25. The van der Waals surface area contributed by atoms with Gasteiger partial charge in [-0.1, -0.05) is 12.0 Å². The summed E-state index contributed by atoms with van der Waals surface area (Å²) in [5, 5.41) is 2.57. The minimum atomic E-state index is -2.93. The zero-order valence-corrected chi connectivity index (χ0v) is 14.7. The molecule has 1 atom stereocenters. The maximum Gasteiger partial charge on any atom is 0.262 e. The lowest BCUT2D eigenvalue weighted by Gasteiger charge is -2.32. The number of azide groups is 1. The van der Waals surface area contributed by atoms with E-state index in [-0.39, 0.29) is 13.1 Å². The number of hydrogen-bond acceptors (Lipinski definition) is 2. The van der Waals surface area contributed by atoms with E-state index in [4.69, 9.17) is 5.53 Å². The fourth-order valence-electron chi connectivity index (χ4n) is 2.31. The summed E-state index contributed by atoms with van der Waals surface area (Å²) in [5.41, 5.74) is 5.41. The summed E-state index contributed by atoms with van der Waals surface area (Å²) in [6, 6.07) is 0. The van der Waals surface area contributed by atoms with Gasteiger partial charge >= 0.3 is 0 Å². The smallest absolute Gasteiger partial charge is 0.262 e. The highest BCUT2D eigenvalue weighted by atomic mass is 32.2. The summed E-state index contributed by atoms with van der Waals surface area (Å²) >= 11 is -2.93. The second-order valence-corrected chi connectivity index (χ2v) is 6.76. The van der Waals surface area contributed by atoms with Crippen molar-refractivity contribution in [2.75, 3.05) is 38.0 Å². The number of benzene rings is 1. The Balaban J connectivity index is 3.39. The van der Waals surface area contributed by atoms with E-state index >= 15 is 0 Å². The predicted octanol–water partition coefficient (Wildman–Crippen LogP) is 3.61. The van der Waals surface area contributed by atoms with Crippen molar-refractivity contribution in [3.63, 3.8) is 0 Å². The van der Waals surface area contributed by atoms with Crippen LogP contribution in [-0.4, -0.2) is 47.0 Å². The first kappa shape index (κ1) is 21.2. The van der Waals surface area contributed by atoms with Crippen LogP contribution in [0.25, 0.3) is 10.4 Å². The molecule has 1 N–H and O–H groups in total. The molecule has 1 unspecified atom stereocenters.